The Morgan fingerprint density at radius 1 is 1.20 bits per heavy atom. The summed E-state index contributed by atoms with van der Waals surface area (Å²) in [6.07, 6.45) is 6.69. The minimum Gasteiger partial charge on any atom is -0.497 e. The van der Waals surface area contributed by atoms with Crippen LogP contribution in [0, 0.1) is 0 Å². The van der Waals surface area contributed by atoms with E-state index in [1.54, 1.807) is 7.11 Å². The number of nitrogens with two attached hydrogens (primary N) is 1. The molecule has 7 heteroatoms. The van der Waals surface area contributed by atoms with Gasteiger partial charge >= 0.3 is 0 Å². The molecule has 1 atom stereocenters. The van der Waals surface area contributed by atoms with Crippen LogP contribution >= 0.6 is 0 Å². The van der Waals surface area contributed by atoms with E-state index in [2.05, 4.69) is 9.97 Å². The Morgan fingerprint density at radius 3 is 2.73 bits per heavy atom. The van der Waals surface area contributed by atoms with Gasteiger partial charge in [-0.05, 0) is 62.6 Å². The van der Waals surface area contributed by atoms with E-state index < -0.39 is 0 Å². The molecule has 2 N–H and O–H groups in total. The number of benzene rings is 1. The third-order valence-electron chi connectivity index (χ3n) is 5.97. The lowest BCUT2D eigenvalue weighted by Crippen LogP contribution is -2.40. The second-order valence-electron chi connectivity index (χ2n) is 8.05. The summed E-state index contributed by atoms with van der Waals surface area (Å²) in [5, 5.41) is 0. The van der Waals surface area contributed by atoms with Gasteiger partial charge in [0.1, 0.15) is 11.4 Å². The Hall–Kier alpha value is -2.67. The number of hydrogen-bond acceptors (Lipinski definition) is 6. The average molecular weight is 411 g/mol. The summed E-state index contributed by atoms with van der Waals surface area (Å²) < 4.78 is 11.1. The van der Waals surface area contributed by atoms with Crippen molar-refractivity contribution in [3.05, 3.63) is 46.8 Å². The molecule has 0 bridgehead atoms. The molecule has 7 nitrogen and oxygen atoms in total. The number of carbonyl (C=O) groups is 1. The third kappa shape index (κ3) is 4.73. The van der Waals surface area contributed by atoms with Crippen molar-refractivity contribution in [3.8, 4) is 5.75 Å². The van der Waals surface area contributed by atoms with E-state index in [1.807, 2.05) is 29.2 Å². The molecule has 1 aliphatic heterocycles. The Balaban J connectivity index is 1.55. The van der Waals surface area contributed by atoms with Gasteiger partial charge in [0.2, 0.25) is 5.95 Å². The van der Waals surface area contributed by atoms with Gasteiger partial charge in [-0.2, -0.15) is 0 Å². The molecule has 0 radical (unpaired) electrons. The quantitative estimate of drug-likeness (QED) is 0.755. The second-order valence-corrected chi connectivity index (χ2v) is 8.05. The van der Waals surface area contributed by atoms with Gasteiger partial charge in [0.25, 0.3) is 5.91 Å². The van der Waals surface area contributed by atoms with E-state index >= 15 is 0 Å². The zero-order valence-corrected chi connectivity index (χ0v) is 17.6. The van der Waals surface area contributed by atoms with Crippen molar-refractivity contribution in [1.82, 2.24) is 14.9 Å². The maximum Gasteiger partial charge on any atom is 0.273 e. The molecule has 0 saturated carbocycles. The molecule has 4 rings (SSSR count). The number of nitrogens with zero attached hydrogens (tertiary/aromatic N) is 3. The predicted octanol–water partition coefficient (Wildman–Crippen LogP) is 2.81. The Labute approximate surface area is 177 Å². The smallest absolute Gasteiger partial charge is 0.273 e. The standard InChI is InChI=1S/C23H30N4O3/c1-29-17-10-8-16(9-11-17)12-13-27(15-18-5-4-14-30-18)22(28)21-19-6-2-3-7-20(19)25-23(24)26-21/h8-11,18H,2-7,12-15H2,1H3,(H2,24,25,26). The van der Waals surface area contributed by atoms with Gasteiger partial charge in [-0.3, -0.25) is 4.79 Å². The van der Waals surface area contributed by atoms with Crippen LogP contribution in [0.2, 0.25) is 0 Å². The number of aromatic nitrogens is 2. The van der Waals surface area contributed by atoms with Gasteiger partial charge in [-0.25, -0.2) is 9.97 Å². The lowest BCUT2D eigenvalue weighted by Gasteiger charge is -2.27. The number of methoxy groups -OCH3 is 1. The van der Waals surface area contributed by atoms with Crippen LogP contribution in [0.5, 0.6) is 5.75 Å². The van der Waals surface area contributed by atoms with E-state index in [9.17, 15) is 4.79 Å². The molecule has 0 spiro atoms. The first kappa shape index (κ1) is 20.6. The second kappa shape index (κ2) is 9.43. The highest BCUT2D eigenvalue weighted by Gasteiger charge is 2.28. The number of rotatable bonds is 7. The average Bonchev–Trinajstić information content (AvgIpc) is 3.29. The molecule has 30 heavy (non-hydrogen) atoms. The molecular formula is C23H30N4O3. The van der Waals surface area contributed by atoms with Crippen LogP contribution in [0.1, 0.15) is 53.0 Å². The molecule has 2 aliphatic rings. The first-order valence-electron chi connectivity index (χ1n) is 10.8. The lowest BCUT2D eigenvalue weighted by molar-refractivity contribution is 0.0523. The molecule has 1 aromatic heterocycles. The van der Waals surface area contributed by atoms with Gasteiger partial charge in [-0.1, -0.05) is 12.1 Å². The molecule has 1 saturated heterocycles. The molecule has 1 aromatic carbocycles. The normalized spacial score (nSPS) is 18.1. The van der Waals surface area contributed by atoms with Crippen molar-refractivity contribution in [2.75, 3.05) is 32.5 Å². The summed E-state index contributed by atoms with van der Waals surface area (Å²) in [5.74, 6) is 0.951. The molecule has 1 unspecified atom stereocenters. The van der Waals surface area contributed by atoms with Crippen LogP contribution in [0.4, 0.5) is 5.95 Å². The van der Waals surface area contributed by atoms with Crippen LogP contribution in [-0.4, -0.2) is 53.7 Å². The fraction of sp³-hybridized carbons (Fsp3) is 0.522. The van der Waals surface area contributed by atoms with Gasteiger partial charge in [-0.15, -0.1) is 0 Å². The van der Waals surface area contributed by atoms with Crippen LogP contribution in [-0.2, 0) is 24.0 Å². The number of nitrogen functional groups attached to an aromatic ring is 1. The summed E-state index contributed by atoms with van der Waals surface area (Å²) >= 11 is 0. The van der Waals surface area contributed by atoms with Crippen molar-refractivity contribution < 1.29 is 14.3 Å². The monoisotopic (exact) mass is 410 g/mol. The van der Waals surface area contributed by atoms with Gasteiger partial charge < -0.3 is 20.1 Å². The van der Waals surface area contributed by atoms with Crippen LogP contribution in [0.25, 0.3) is 0 Å². The first-order chi connectivity index (χ1) is 14.6. The maximum atomic E-state index is 13.6. The zero-order chi connectivity index (χ0) is 20.9. The van der Waals surface area contributed by atoms with Gasteiger partial charge in [0, 0.05) is 31.0 Å². The number of ether oxygens (including phenoxy) is 2. The third-order valence-corrected chi connectivity index (χ3v) is 5.97. The van der Waals surface area contributed by atoms with E-state index in [0.29, 0.717) is 18.8 Å². The van der Waals surface area contributed by atoms with Gasteiger partial charge in [0.15, 0.2) is 0 Å². The molecular weight excluding hydrogens is 380 g/mol. The summed E-state index contributed by atoms with van der Waals surface area (Å²) in [4.78, 5) is 24.2. The Bertz CT molecular complexity index is 879. The minimum absolute atomic E-state index is 0.0636. The zero-order valence-electron chi connectivity index (χ0n) is 17.6. The number of carbonyl (C=O) groups excluding carboxylic acids is 1. The van der Waals surface area contributed by atoms with Crippen molar-refractivity contribution in [2.45, 2.75) is 51.0 Å². The summed E-state index contributed by atoms with van der Waals surface area (Å²) in [7, 11) is 1.66. The minimum atomic E-state index is -0.0636. The number of aryl methyl sites for hydroxylation is 1. The molecule has 2 aromatic rings. The topological polar surface area (TPSA) is 90.6 Å². The summed E-state index contributed by atoms with van der Waals surface area (Å²) in [6.45, 7) is 1.94. The highest BCUT2D eigenvalue weighted by Crippen LogP contribution is 2.25. The largest absolute Gasteiger partial charge is 0.497 e. The highest BCUT2D eigenvalue weighted by atomic mass is 16.5. The molecule has 1 fully saturated rings. The summed E-state index contributed by atoms with van der Waals surface area (Å²) in [5.41, 5.74) is 9.49. The van der Waals surface area contributed by atoms with Crippen molar-refractivity contribution in [1.29, 1.82) is 0 Å². The van der Waals surface area contributed by atoms with Crippen molar-refractivity contribution in [2.24, 2.45) is 0 Å². The van der Waals surface area contributed by atoms with E-state index in [4.69, 9.17) is 15.2 Å². The molecule has 2 heterocycles. The van der Waals surface area contributed by atoms with Crippen LogP contribution in [0.15, 0.2) is 24.3 Å². The van der Waals surface area contributed by atoms with Crippen LogP contribution < -0.4 is 10.5 Å². The summed E-state index contributed by atoms with van der Waals surface area (Å²) in [6, 6.07) is 7.97. The van der Waals surface area contributed by atoms with Crippen molar-refractivity contribution >= 4 is 11.9 Å². The van der Waals surface area contributed by atoms with Crippen LogP contribution in [0.3, 0.4) is 0 Å². The number of hydrogen-bond donors (Lipinski definition) is 1. The number of fused-ring (bicyclic) bond motifs is 1. The predicted molar refractivity (Wildman–Crippen MR) is 115 cm³/mol. The molecule has 1 amide bonds. The SMILES string of the molecule is COc1ccc(CCN(CC2CCCO2)C(=O)c2nc(N)nc3c2CCCC3)cc1. The van der Waals surface area contributed by atoms with Crippen molar-refractivity contribution in [3.63, 3.8) is 0 Å². The van der Waals surface area contributed by atoms with E-state index in [1.165, 1.54) is 0 Å². The number of amides is 1. The fourth-order valence-electron chi connectivity index (χ4n) is 4.31. The van der Waals surface area contributed by atoms with E-state index in [-0.39, 0.29) is 18.0 Å². The highest BCUT2D eigenvalue weighted by molar-refractivity contribution is 5.94. The lowest BCUT2D eigenvalue weighted by atomic mass is 9.94. The molecule has 160 valence electrons. The van der Waals surface area contributed by atoms with E-state index in [0.717, 1.165) is 74.1 Å². The molecule has 1 aliphatic carbocycles. The first-order valence-corrected chi connectivity index (χ1v) is 10.8. The fourth-order valence-corrected chi connectivity index (χ4v) is 4.31. The Morgan fingerprint density at radius 2 is 2.00 bits per heavy atom. The van der Waals surface area contributed by atoms with Gasteiger partial charge in [0.05, 0.1) is 13.2 Å². The number of anilines is 1. The Kier molecular flexibility index (Phi) is 6.47. The maximum absolute atomic E-state index is 13.6.